The zero-order chi connectivity index (χ0) is 16.7. The minimum Gasteiger partial charge on any atom is -0.324 e. The average molecular weight is 327 g/mol. The van der Waals surface area contributed by atoms with Crippen LogP contribution in [0.5, 0.6) is 0 Å². The lowest BCUT2D eigenvalue weighted by Crippen LogP contribution is -3.16. The third kappa shape index (κ3) is 2.57. The van der Waals surface area contributed by atoms with Gasteiger partial charge < -0.3 is 10.2 Å². The van der Waals surface area contributed by atoms with Crippen LogP contribution in [0.2, 0.25) is 0 Å². The maximum Gasteiger partial charge on any atom is 0.334 e. The number of hydrogen-bond acceptors (Lipinski definition) is 3. The van der Waals surface area contributed by atoms with Crippen LogP contribution in [-0.4, -0.2) is 22.3 Å². The monoisotopic (exact) mass is 327 g/mol. The number of quaternary nitrogens is 1. The molecule has 0 bridgehead atoms. The van der Waals surface area contributed by atoms with E-state index in [-0.39, 0.29) is 11.2 Å². The Balaban J connectivity index is 1.78. The maximum atomic E-state index is 12.4. The molecule has 1 fully saturated rings. The van der Waals surface area contributed by atoms with Gasteiger partial charge in [-0.15, -0.1) is 0 Å². The number of hydrogen-bond donors (Lipinski definition) is 3. The number of benzene rings is 1. The second kappa shape index (κ2) is 5.94. The first-order valence-corrected chi connectivity index (χ1v) is 8.67. The van der Waals surface area contributed by atoms with E-state index in [9.17, 15) is 9.59 Å². The van der Waals surface area contributed by atoms with Gasteiger partial charge in [0.05, 0.1) is 11.7 Å². The lowest BCUT2D eigenvalue weighted by Gasteiger charge is -2.31. The maximum absolute atomic E-state index is 12.4. The third-order valence-electron chi connectivity index (χ3n) is 5.32. The van der Waals surface area contributed by atoms with Crippen LogP contribution >= 0.6 is 0 Å². The van der Waals surface area contributed by atoms with Crippen molar-refractivity contribution in [2.75, 3.05) is 12.0 Å². The first kappa shape index (κ1) is 15.2. The molecule has 1 aliphatic heterocycles. The van der Waals surface area contributed by atoms with Crippen molar-refractivity contribution < 1.29 is 4.90 Å². The van der Waals surface area contributed by atoms with Gasteiger partial charge in [0.25, 0.3) is 5.56 Å². The van der Waals surface area contributed by atoms with Gasteiger partial charge in [-0.1, -0.05) is 17.7 Å². The number of H-pyrrole nitrogens is 1. The first-order chi connectivity index (χ1) is 11.6. The second-order valence-electron chi connectivity index (χ2n) is 6.93. The molecule has 1 aromatic carbocycles. The van der Waals surface area contributed by atoms with Crippen LogP contribution in [0.1, 0.15) is 36.8 Å². The normalized spacial score (nSPS) is 20.6. The fourth-order valence-corrected chi connectivity index (χ4v) is 3.97. The lowest BCUT2D eigenvalue weighted by molar-refractivity contribution is -0.936. The summed E-state index contributed by atoms with van der Waals surface area (Å²) in [7, 11) is 0. The summed E-state index contributed by atoms with van der Waals surface area (Å²) in [5.74, 6) is 0.648. The van der Waals surface area contributed by atoms with Crippen molar-refractivity contribution in [2.45, 2.75) is 45.2 Å². The van der Waals surface area contributed by atoms with Gasteiger partial charge in [0.2, 0.25) is 0 Å². The fraction of sp³-hybridized carbons (Fsp3) is 0.444. The largest absolute Gasteiger partial charge is 0.334 e. The number of aryl methyl sites for hydroxylation is 1. The van der Waals surface area contributed by atoms with Crippen LogP contribution in [0, 0.1) is 6.92 Å². The van der Waals surface area contributed by atoms with Gasteiger partial charge >= 0.3 is 5.69 Å². The summed E-state index contributed by atoms with van der Waals surface area (Å²) in [5, 5.41) is 3.36. The summed E-state index contributed by atoms with van der Waals surface area (Å²) in [6.45, 7) is 3.44. The molecule has 1 unspecified atom stereocenters. The Morgan fingerprint density at radius 3 is 2.54 bits per heavy atom. The topological polar surface area (TPSA) is 71.3 Å². The molecule has 6 heteroatoms. The zero-order valence-electron chi connectivity index (χ0n) is 13.9. The molecule has 2 aliphatic rings. The molecular formula is C18H23N4O2+. The molecule has 0 saturated heterocycles. The minimum atomic E-state index is -0.389. The van der Waals surface area contributed by atoms with E-state index in [0.29, 0.717) is 24.0 Å². The van der Waals surface area contributed by atoms with Gasteiger partial charge in [0.1, 0.15) is 17.9 Å². The summed E-state index contributed by atoms with van der Waals surface area (Å²) < 4.78 is 1.58. The van der Waals surface area contributed by atoms with Crippen LogP contribution in [0.15, 0.2) is 33.9 Å². The van der Waals surface area contributed by atoms with E-state index >= 15 is 0 Å². The lowest BCUT2D eigenvalue weighted by atomic mass is 10.1. The SMILES string of the molecule is Cc1ccc(-n2c3c(c(=O)[nH]c2=O)C[NH+](C2CCCC2)CN3)cc1. The van der Waals surface area contributed by atoms with Gasteiger partial charge in [-0.2, -0.15) is 0 Å². The van der Waals surface area contributed by atoms with Crippen molar-refractivity contribution in [1.82, 2.24) is 9.55 Å². The highest BCUT2D eigenvalue weighted by Gasteiger charge is 2.32. The molecule has 1 atom stereocenters. The molecular weight excluding hydrogens is 304 g/mol. The van der Waals surface area contributed by atoms with Gasteiger partial charge in [-0.05, 0) is 44.7 Å². The van der Waals surface area contributed by atoms with Crippen molar-refractivity contribution >= 4 is 5.82 Å². The molecule has 3 N–H and O–H groups in total. The summed E-state index contributed by atoms with van der Waals surface area (Å²) in [5.41, 5.74) is 1.94. The molecule has 0 amide bonds. The minimum absolute atomic E-state index is 0.263. The van der Waals surface area contributed by atoms with E-state index in [1.54, 1.807) is 4.57 Å². The average Bonchev–Trinajstić information content (AvgIpc) is 3.11. The predicted octanol–water partition coefficient (Wildman–Crippen LogP) is 0.545. The first-order valence-electron chi connectivity index (χ1n) is 8.67. The van der Waals surface area contributed by atoms with Crippen LogP contribution in [0.25, 0.3) is 5.69 Å². The Morgan fingerprint density at radius 1 is 1.12 bits per heavy atom. The molecule has 6 nitrogen and oxygen atoms in total. The second-order valence-corrected chi connectivity index (χ2v) is 6.93. The van der Waals surface area contributed by atoms with Gasteiger partial charge in [-0.25, -0.2) is 9.36 Å². The number of rotatable bonds is 2. The number of anilines is 1. The van der Waals surface area contributed by atoms with Crippen molar-refractivity contribution in [3.05, 3.63) is 56.2 Å². The van der Waals surface area contributed by atoms with Crippen molar-refractivity contribution in [1.29, 1.82) is 0 Å². The quantitative estimate of drug-likeness (QED) is 0.754. The van der Waals surface area contributed by atoms with E-state index < -0.39 is 0 Å². The van der Waals surface area contributed by atoms with Crippen LogP contribution in [0.3, 0.4) is 0 Å². The van der Waals surface area contributed by atoms with Crippen molar-refractivity contribution in [3.8, 4) is 5.69 Å². The molecule has 0 spiro atoms. The fourth-order valence-electron chi connectivity index (χ4n) is 3.97. The number of aromatic nitrogens is 2. The number of aromatic amines is 1. The van der Waals surface area contributed by atoms with Gasteiger partial charge in [0.15, 0.2) is 6.67 Å². The molecule has 2 heterocycles. The van der Waals surface area contributed by atoms with Crippen LogP contribution in [-0.2, 0) is 6.54 Å². The number of fused-ring (bicyclic) bond motifs is 1. The Labute approximate surface area is 140 Å². The molecule has 1 aliphatic carbocycles. The Morgan fingerprint density at radius 2 is 1.83 bits per heavy atom. The van der Waals surface area contributed by atoms with E-state index in [1.165, 1.54) is 30.6 Å². The van der Waals surface area contributed by atoms with E-state index in [0.717, 1.165) is 17.9 Å². The predicted molar refractivity (Wildman–Crippen MR) is 92.8 cm³/mol. The summed E-state index contributed by atoms with van der Waals surface area (Å²) in [6.07, 6.45) is 5.00. The molecule has 1 aromatic heterocycles. The Hall–Kier alpha value is -2.34. The molecule has 2 aromatic rings. The van der Waals surface area contributed by atoms with E-state index in [4.69, 9.17) is 0 Å². The molecule has 0 radical (unpaired) electrons. The Bertz CT molecular complexity index is 860. The Kier molecular flexibility index (Phi) is 3.76. The number of nitrogens with zero attached hydrogens (tertiary/aromatic N) is 1. The van der Waals surface area contributed by atoms with Gasteiger partial charge in [-0.3, -0.25) is 9.78 Å². The van der Waals surface area contributed by atoms with Gasteiger partial charge in [0, 0.05) is 0 Å². The molecule has 126 valence electrons. The van der Waals surface area contributed by atoms with Crippen LogP contribution in [0.4, 0.5) is 5.82 Å². The standard InChI is InChI=1S/C18H22N4O2/c1-12-6-8-14(9-7-12)22-16-15(17(23)20-18(22)24)10-21(11-19-16)13-4-2-3-5-13/h6-9,13,19H,2-5,10-11H2,1H3,(H,20,23,24)/p+1. The summed E-state index contributed by atoms with van der Waals surface area (Å²) in [4.78, 5) is 28.6. The molecule has 24 heavy (non-hydrogen) atoms. The summed E-state index contributed by atoms with van der Waals surface area (Å²) in [6, 6.07) is 8.38. The zero-order valence-corrected chi connectivity index (χ0v) is 13.9. The highest BCUT2D eigenvalue weighted by molar-refractivity contribution is 5.51. The van der Waals surface area contributed by atoms with E-state index in [2.05, 4.69) is 10.3 Å². The molecule has 1 saturated carbocycles. The van der Waals surface area contributed by atoms with Crippen LogP contribution < -0.4 is 21.5 Å². The third-order valence-corrected chi connectivity index (χ3v) is 5.32. The van der Waals surface area contributed by atoms with Crippen molar-refractivity contribution in [2.24, 2.45) is 0 Å². The highest BCUT2D eigenvalue weighted by Crippen LogP contribution is 2.19. The highest BCUT2D eigenvalue weighted by atomic mass is 16.2. The number of nitrogens with one attached hydrogen (secondary N) is 3. The van der Waals surface area contributed by atoms with E-state index in [1.807, 2.05) is 31.2 Å². The smallest absolute Gasteiger partial charge is 0.324 e. The summed E-state index contributed by atoms with van der Waals surface area (Å²) >= 11 is 0. The molecule has 4 rings (SSSR count). The van der Waals surface area contributed by atoms with Crippen molar-refractivity contribution in [3.63, 3.8) is 0 Å².